The van der Waals surface area contributed by atoms with E-state index in [-0.39, 0.29) is 0 Å². The molecule has 7 nitrogen and oxygen atoms in total. The Morgan fingerprint density at radius 1 is 0.800 bits per heavy atom. The number of H-pyrrole nitrogens is 2. The molecule has 0 amide bonds. The van der Waals surface area contributed by atoms with Crippen LogP contribution in [0.4, 0.5) is 5.69 Å². The molecule has 1 aromatic carbocycles. The summed E-state index contributed by atoms with van der Waals surface area (Å²) in [6.07, 6.45) is 10.2. The van der Waals surface area contributed by atoms with E-state index >= 15 is 0 Å². The van der Waals surface area contributed by atoms with Crippen LogP contribution in [0, 0.1) is 0 Å². The van der Waals surface area contributed by atoms with Crippen molar-refractivity contribution in [2.24, 2.45) is 0 Å². The number of hydrogen-bond donors (Lipinski definition) is 3. The van der Waals surface area contributed by atoms with Crippen LogP contribution in [0.25, 0.3) is 55.6 Å². The van der Waals surface area contributed by atoms with Crippen LogP contribution in [0.15, 0.2) is 79.5 Å². The number of hydrogen-bond acceptors (Lipinski definition) is 5. The Balaban J connectivity index is 1.43. The van der Waals surface area contributed by atoms with E-state index in [1.54, 1.807) is 12.4 Å². The van der Waals surface area contributed by atoms with Crippen LogP contribution in [0.2, 0.25) is 0 Å². The average Bonchev–Trinajstić information content (AvgIpc) is 3.53. The lowest BCUT2D eigenvalue weighted by Crippen LogP contribution is -2.13. The summed E-state index contributed by atoms with van der Waals surface area (Å²) in [6.45, 7) is 4.34. The van der Waals surface area contributed by atoms with Gasteiger partial charge in [-0.3, -0.25) is 20.1 Å². The molecule has 5 aromatic heterocycles. The van der Waals surface area contributed by atoms with Crippen LogP contribution in [-0.4, -0.2) is 36.2 Å². The van der Waals surface area contributed by atoms with Gasteiger partial charge in [-0.2, -0.15) is 5.10 Å². The van der Waals surface area contributed by atoms with Crippen LogP contribution in [0.5, 0.6) is 0 Å². The first-order valence-corrected chi connectivity index (χ1v) is 11.8. The van der Waals surface area contributed by atoms with E-state index in [9.17, 15) is 0 Å². The molecule has 0 saturated heterocycles. The maximum absolute atomic E-state index is 4.65. The average molecular weight is 460 g/mol. The summed E-state index contributed by atoms with van der Waals surface area (Å²) < 4.78 is 0. The highest BCUT2D eigenvalue weighted by Crippen LogP contribution is 2.34. The number of nitrogens with one attached hydrogen (secondary N) is 3. The molecule has 6 aromatic rings. The van der Waals surface area contributed by atoms with Crippen molar-refractivity contribution in [1.29, 1.82) is 0 Å². The fourth-order valence-electron chi connectivity index (χ4n) is 4.38. The SMILES string of the molecule is CCC(C)Nc1cncc(-c2ccc3[nH]nc(-c4cc5c(-c6ccncc6)nccc5[nH]4)c3c2)c1. The monoisotopic (exact) mass is 459 g/mol. The zero-order chi connectivity index (χ0) is 23.8. The van der Waals surface area contributed by atoms with E-state index in [0.717, 1.165) is 67.7 Å². The van der Waals surface area contributed by atoms with Gasteiger partial charge in [-0.25, -0.2) is 0 Å². The maximum atomic E-state index is 4.65. The third kappa shape index (κ3) is 3.91. The number of rotatable bonds is 6. The molecular formula is C28H25N7. The van der Waals surface area contributed by atoms with Gasteiger partial charge < -0.3 is 10.3 Å². The smallest absolute Gasteiger partial charge is 0.116 e. The second kappa shape index (κ2) is 8.68. The van der Waals surface area contributed by atoms with Crippen LogP contribution >= 0.6 is 0 Å². The van der Waals surface area contributed by atoms with E-state index in [1.165, 1.54) is 0 Å². The summed E-state index contributed by atoms with van der Waals surface area (Å²) in [6, 6.07) is 17.0. The lowest BCUT2D eigenvalue weighted by Gasteiger charge is -2.13. The fourth-order valence-corrected chi connectivity index (χ4v) is 4.38. The first-order chi connectivity index (χ1) is 17.2. The second-order valence-electron chi connectivity index (χ2n) is 8.79. The van der Waals surface area contributed by atoms with Crippen LogP contribution in [0.3, 0.4) is 0 Å². The first-order valence-electron chi connectivity index (χ1n) is 11.8. The summed E-state index contributed by atoms with van der Waals surface area (Å²) in [4.78, 5) is 16.8. The Morgan fingerprint density at radius 3 is 2.51 bits per heavy atom. The topological polar surface area (TPSA) is 95.2 Å². The highest BCUT2D eigenvalue weighted by Gasteiger charge is 2.15. The highest BCUT2D eigenvalue weighted by molar-refractivity contribution is 6.00. The predicted molar refractivity (Wildman–Crippen MR) is 141 cm³/mol. The molecule has 0 aliphatic heterocycles. The van der Waals surface area contributed by atoms with Crippen LogP contribution < -0.4 is 5.32 Å². The van der Waals surface area contributed by atoms with Gasteiger partial charge in [0.15, 0.2) is 0 Å². The summed E-state index contributed by atoms with van der Waals surface area (Å²) >= 11 is 0. The van der Waals surface area contributed by atoms with Crippen LogP contribution in [0.1, 0.15) is 20.3 Å². The number of fused-ring (bicyclic) bond motifs is 2. The Bertz CT molecular complexity index is 1630. The molecule has 1 atom stereocenters. The third-order valence-corrected chi connectivity index (χ3v) is 6.42. The lowest BCUT2D eigenvalue weighted by atomic mass is 10.0. The van der Waals surface area contributed by atoms with Gasteiger partial charge in [0.25, 0.3) is 0 Å². The van der Waals surface area contributed by atoms with Gasteiger partial charge in [-0.15, -0.1) is 0 Å². The van der Waals surface area contributed by atoms with Crippen molar-refractivity contribution < 1.29 is 0 Å². The number of aromatic amines is 2. The van der Waals surface area contributed by atoms with Gasteiger partial charge in [-0.1, -0.05) is 13.0 Å². The molecule has 0 spiro atoms. The molecule has 0 aliphatic rings. The predicted octanol–water partition coefficient (Wildman–Crippen LogP) is 6.44. The highest BCUT2D eigenvalue weighted by atomic mass is 15.1. The van der Waals surface area contributed by atoms with E-state index in [4.69, 9.17) is 0 Å². The molecule has 3 N–H and O–H groups in total. The number of aromatic nitrogens is 6. The van der Waals surface area contributed by atoms with Gasteiger partial charge >= 0.3 is 0 Å². The molecule has 0 fully saturated rings. The Morgan fingerprint density at radius 2 is 1.66 bits per heavy atom. The first kappa shape index (κ1) is 21.0. The number of nitrogens with zero attached hydrogens (tertiary/aromatic N) is 4. The quantitative estimate of drug-likeness (QED) is 0.266. The van der Waals surface area contributed by atoms with E-state index < -0.39 is 0 Å². The minimum atomic E-state index is 0.392. The van der Waals surface area contributed by atoms with E-state index in [0.29, 0.717) is 6.04 Å². The zero-order valence-electron chi connectivity index (χ0n) is 19.6. The summed E-state index contributed by atoms with van der Waals surface area (Å²) in [5.41, 5.74) is 8.95. The molecule has 0 aliphatic carbocycles. The molecule has 5 heterocycles. The Hall–Kier alpha value is -4.52. The van der Waals surface area contributed by atoms with E-state index in [2.05, 4.69) is 79.6 Å². The molecule has 35 heavy (non-hydrogen) atoms. The molecule has 6 rings (SSSR count). The van der Waals surface area contributed by atoms with Crippen LogP contribution in [-0.2, 0) is 0 Å². The van der Waals surface area contributed by atoms with Crippen molar-refractivity contribution in [1.82, 2.24) is 30.1 Å². The summed E-state index contributed by atoms with van der Waals surface area (Å²) in [5.74, 6) is 0. The summed E-state index contributed by atoms with van der Waals surface area (Å²) in [5, 5.41) is 13.4. The van der Waals surface area contributed by atoms with Crippen molar-refractivity contribution in [3.05, 3.63) is 79.5 Å². The minimum absolute atomic E-state index is 0.392. The number of anilines is 1. The van der Waals surface area contributed by atoms with Crippen molar-refractivity contribution in [3.63, 3.8) is 0 Å². The fraction of sp³-hybridized carbons (Fsp3) is 0.143. The molecule has 172 valence electrons. The Kier molecular flexibility index (Phi) is 5.22. The minimum Gasteiger partial charge on any atom is -0.381 e. The molecule has 0 radical (unpaired) electrons. The third-order valence-electron chi connectivity index (χ3n) is 6.42. The molecular weight excluding hydrogens is 434 g/mol. The van der Waals surface area contributed by atoms with Gasteiger partial charge in [-0.05, 0) is 61.4 Å². The van der Waals surface area contributed by atoms with Crippen molar-refractivity contribution >= 4 is 27.5 Å². The summed E-state index contributed by atoms with van der Waals surface area (Å²) in [7, 11) is 0. The lowest BCUT2D eigenvalue weighted by molar-refractivity contribution is 0.763. The molecule has 0 bridgehead atoms. The molecule has 7 heteroatoms. The zero-order valence-corrected chi connectivity index (χ0v) is 19.6. The maximum Gasteiger partial charge on any atom is 0.116 e. The number of pyridine rings is 3. The number of benzene rings is 1. The molecule has 1 unspecified atom stereocenters. The molecule has 0 saturated carbocycles. The van der Waals surface area contributed by atoms with Gasteiger partial charge in [0.05, 0.1) is 22.6 Å². The Labute approximate surface area is 202 Å². The van der Waals surface area contributed by atoms with Gasteiger partial charge in [0, 0.05) is 64.4 Å². The van der Waals surface area contributed by atoms with Crippen molar-refractivity contribution in [2.45, 2.75) is 26.3 Å². The normalized spacial score (nSPS) is 12.3. The van der Waals surface area contributed by atoms with Crippen molar-refractivity contribution in [3.8, 4) is 33.8 Å². The second-order valence-corrected chi connectivity index (χ2v) is 8.79. The standard InChI is InChI=1S/C28H25N7/c1-3-17(2)32-21-12-20(15-30-16-21)19-4-5-25-22(13-19)28(35-34-25)26-14-23-24(33-26)8-11-31-27(23)18-6-9-29-10-7-18/h4-17,32-33H,3H2,1-2H3,(H,34,35). The van der Waals surface area contributed by atoms with E-state index in [1.807, 2.05) is 36.8 Å². The largest absolute Gasteiger partial charge is 0.381 e. The van der Waals surface area contributed by atoms with Gasteiger partial charge in [0.1, 0.15) is 5.69 Å². The van der Waals surface area contributed by atoms with Crippen molar-refractivity contribution in [2.75, 3.05) is 5.32 Å². The van der Waals surface area contributed by atoms with Gasteiger partial charge in [0.2, 0.25) is 0 Å².